The fourth-order valence-corrected chi connectivity index (χ4v) is 1.50. The van der Waals surface area contributed by atoms with Crippen LogP contribution in [-0.2, 0) is 4.74 Å². The second-order valence-electron chi connectivity index (χ2n) is 3.92. The van der Waals surface area contributed by atoms with Gasteiger partial charge in [-0.1, -0.05) is 20.8 Å². The third-order valence-corrected chi connectivity index (χ3v) is 3.02. The van der Waals surface area contributed by atoms with Crippen molar-refractivity contribution in [2.24, 2.45) is 5.41 Å². The molecule has 0 saturated carbocycles. The highest BCUT2D eigenvalue weighted by atomic mass is 16.5. The van der Waals surface area contributed by atoms with Gasteiger partial charge in [0.2, 0.25) is 0 Å². The van der Waals surface area contributed by atoms with Crippen molar-refractivity contribution in [1.29, 1.82) is 0 Å². The molecule has 0 aliphatic heterocycles. The third-order valence-electron chi connectivity index (χ3n) is 3.02. The molecule has 1 unspecified atom stereocenters. The van der Waals surface area contributed by atoms with Crippen molar-refractivity contribution in [2.45, 2.75) is 53.1 Å². The van der Waals surface area contributed by atoms with Gasteiger partial charge in [0.25, 0.3) is 0 Å². The third kappa shape index (κ3) is 4.63. The van der Waals surface area contributed by atoms with Gasteiger partial charge in [0.15, 0.2) is 0 Å². The molecule has 0 spiro atoms. The van der Waals surface area contributed by atoms with Gasteiger partial charge in [-0.05, 0) is 31.6 Å². The van der Waals surface area contributed by atoms with E-state index in [2.05, 4.69) is 20.8 Å². The number of hydrogen-bond acceptors (Lipinski definition) is 2. The molecule has 0 radical (unpaired) electrons. The minimum atomic E-state index is -0.344. The van der Waals surface area contributed by atoms with Gasteiger partial charge in [0.05, 0.1) is 19.3 Å². The maximum atomic E-state index is 9.04. The molecule has 0 amide bonds. The maximum Gasteiger partial charge on any atom is 0.0745 e. The van der Waals surface area contributed by atoms with Crippen LogP contribution in [0, 0.1) is 5.41 Å². The molecule has 0 fully saturated rings. The standard InChI is InChI=1S/C11H24O2/c1-5-11(6-2,7-3)9-13-8-10(4)12/h10,12H,5-9H2,1-4H3. The molecule has 0 saturated heterocycles. The molecule has 2 nitrogen and oxygen atoms in total. The van der Waals surface area contributed by atoms with Crippen LogP contribution >= 0.6 is 0 Å². The van der Waals surface area contributed by atoms with Gasteiger partial charge in [-0.25, -0.2) is 0 Å². The Labute approximate surface area is 82.3 Å². The number of rotatable bonds is 7. The monoisotopic (exact) mass is 188 g/mol. The molecule has 0 heterocycles. The van der Waals surface area contributed by atoms with E-state index in [1.165, 1.54) is 0 Å². The average Bonchev–Trinajstić information content (AvgIpc) is 2.13. The zero-order chi connectivity index (χ0) is 10.3. The van der Waals surface area contributed by atoms with E-state index in [9.17, 15) is 0 Å². The summed E-state index contributed by atoms with van der Waals surface area (Å²) >= 11 is 0. The summed E-state index contributed by atoms with van der Waals surface area (Å²) in [6.07, 6.45) is 3.11. The molecule has 1 atom stereocenters. The van der Waals surface area contributed by atoms with Gasteiger partial charge >= 0.3 is 0 Å². The molecule has 0 aromatic rings. The Kier molecular flexibility index (Phi) is 6.35. The maximum absolute atomic E-state index is 9.04. The summed E-state index contributed by atoms with van der Waals surface area (Å²) in [5.41, 5.74) is 0.328. The van der Waals surface area contributed by atoms with Crippen LogP contribution < -0.4 is 0 Å². The largest absolute Gasteiger partial charge is 0.391 e. The smallest absolute Gasteiger partial charge is 0.0745 e. The van der Waals surface area contributed by atoms with E-state index in [1.807, 2.05) is 0 Å². The number of aliphatic hydroxyl groups is 1. The Bertz CT molecular complexity index is 109. The number of aliphatic hydroxyl groups excluding tert-OH is 1. The van der Waals surface area contributed by atoms with Crippen molar-refractivity contribution in [3.05, 3.63) is 0 Å². The SMILES string of the molecule is CCC(CC)(CC)COCC(C)O. The van der Waals surface area contributed by atoms with Crippen molar-refractivity contribution in [2.75, 3.05) is 13.2 Å². The van der Waals surface area contributed by atoms with E-state index in [-0.39, 0.29) is 6.10 Å². The number of hydrogen-bond donors (Lipinski definition) is 1. The summed E-state index contributed by atoms with van der Waals surface area (Å²) in [6.45, 7) is 9.62. The second kappa shape index (κ2) is 6.39. The van der Waals surface area contributed by atoms with Crippen LogP contribution in [0.25, 0.3) is 0 Å². The van der Waals surface area contributed by atoms with Crippen LogP contribution in [0.1, 0.15) is 47.0 Å². The molecule has 0 aliphatic rings. The molecule has 1 N–H and O–H groups in total. The minimum Gasteiger partial charge on any atom is -0.391 e. The fraction of sp³-hybridized carbons (Fsp3) is 1.00. The summed E-state index contributed by atoms with van der Waals surface area (Å²) in [7, 11) is 0. The van der Waals surface area contributed by atoms with Crippen molar-refractivity contribution in [3.8, 4) is 0 Å². The summed E-state index contributed by atoms with van der Waals surface area (Å²) in [6, 6.07) is 0. The van der Waals surface area contributed by atoms with E-state index in [0.717, 1.165) is 25.9 Å². The van der Waals surface area contributed by atoms with Crippen LogP contribution in [0.2, 0.25) is 0 Å². The zero-order valence-electron chi connectivity index (χ0n) is 9.47. The first-order valence-corrected chi connectivity index (χ1v) is 5.36. The summed E-state index contributed by atoms with van der Waals surface area (Å²) < 4.78 is 5.48. The van der Waals surface area contributed by atoms with Crippen LogP contribution in [0.15, 0.2) is 0 Å². The van der Waals surface area contributed by atoms with Gasteiger partial charge in [-0.15, -0.1) is 0 Å². The van der Waals surface area contributed by atoms with E-state index in [1.54, 1.807) is 6.92 Å². The molecule has 0 aromatic heterocycles. The molecular weight excluding hydrogens is 164 g/mol. The lowest BCUT2D eigenvalue weighted by Crippen LogP contribution is -2.26. The van der Waals surface area contributed by atoms with E-state index in [0.29, 0.717) is 12.0 Å². The summed E-state index contributed by atoms with van der Waals surface area (Å²) in [5, 5.41) is 9.04. The minimum absolute atomic E-state index is 0.328. The first kappa shape index (κ1) is 12.9. The molecular formula is C11H24O2. The molecule has 0 aliphatic carbocycles. The van der Waals surface area contributed by atoms with Crippen molar-refractivity contribution in [3.63, 3.8) is 0 Å². The molecule has 13 heavy (non-hydrogen) atoms. The molecule has 2 heteroatoms. The van der Waals surface area contributed by atoms with Crippen molar-refractivity contribution >= 4 is 0 Å². The van der Waals surface area contributed by atoms with E-state index < -0.39 is 0 Å². The van der Waals surface area contributed by atoms with Crippen LogP contribution in [0.4, 0.5) is 0 Å². The van der Waals surface area contributed by atoms with E-state index in [4.69, 9.17) is 9.84 Å². The lowest BCUT2D eigenvalue weighted by molar-refractivity contribution is -0.00691. The summed E-state index contributed by atoms with van der Waals surface area (Å²) in [4.78, 5) is 0. The molecule has 0 bridgehead atoms. The topological polar surface area (TPSA) is 29.5 Å². The van der Waals surface area contributed by atoms with Crippen LogP contribution in [0.3, 0.4) is 0 Å². The Morgan fingerprint density at radius 2 is 1.62 bits per heavy atom. The molecule has 80 valence electrons. The van der Waals surface area contributed by atoms with Crippen LogP contribution in [-0.4, -0.2) is 24.4 Å². The predicted molar refractivity (Wildman–Crippen MR) is 55.8 cm³/mol. The Balaban J connectivity index is 3.81. The second-order valence-corrected chi connectivity index (χ2v) is 3.92. The van der Waals surface area contributed by atoms with Gasteiger partial charge in [0, 0.05) is 0 Å². The fourth-order valence-electron chi connectivity index (χ4n) is 1.50. The van der Waals surface area contributed by atoms with Gasteiger partial charge < -0.3 is 9.84 Å². The highest BCUT2D eigenvalue weighted by molar-refractivity contribution is 4.74. The first-order chi connectivity index (χ1) is 6.10. The van der Waals surface area contributed by atoms with Gasteiger partial charge in [-0.3, -0.25) is 0 Å². The highest BCUT2D eigenvalue weighted by Crippen LogP contribution is 2.30. The van der Waals surface area contributed by atoms with Gasteiger partial charge in [-0.2, -0.15) is 0 Å². The lowest BCUT2D eigenvalue weighted by atomic mass is 9.81. The highest BCUT2D eigenvalue weighted by Gasteiger charge is 2.23. The Morgan fingerprint density at radius 3 is 1.92 bits per heavy atom. The quantitative estimate of drug-likeness (QED) is 0.665. The molecule has 0 aromatic carbocycles. The van der Waals surface area contributed by atoms with Gasteiger partial charge in [0.1, 0.15) is 0 Å². The van der Waals surface area contributed by atoms with Crippen molar-refractivity contribution in [1.82, 2.24) is 0 Å². The summed E-state index contributed by atoms with van der Waals surface area (Å²) in [5.74, 6) is 0. The zero-order valence-corrected chi connectivity index (χ0v) is 9.47. The van der Waals surface area contributed by atoms with Crippen LogP contribution in [0.5, 0.6) is 0 Å². The average molecular weight is 188 g/mol. The normalized spacial score (nSPS) is 14.5. The molecule has 0 rings (SSSR count). The van der Waals surface area contributed by atoms with Crippen molar-refractivity contribution < 1.29 is 9.84 Å². The Morgan fingerprint density at radius 1 is 1.15 bits per heavy atom. The first-order valence-electron chi connectivity index (χ1n) is 5.36. The number of ether oxygens (including phenoxy) is 1. The van der Waals surface area contributed by atoms with E-state index >= 15 is 0 Å². The lowest BCUT2D eigenvalue weighted by Gasteiger charge is -2.30. The predicted octanol–water partition coefficient (Wildman–Crippen LogP) is 2.60. The Hall–Kier alpha value is -0.0800.